The van der Waals surface area contributed by atoms with Gasteiger partial charge < -0.3 is 14.2 Å². The van der Waals surface area contributed by atoms with Crippen LogP contribution in [-0.4, -0.2) is 33.2 Å². The lowest BCUT2D eigenvalue weighted by atomic mass is 9.87. The zero-order chi connectivity index (χ0) is 13.7. The highest BCUT2D eigenvalue weighted by atomic mass is 16.7. The topological polar surface area (TPSA) is 65.7 Å². The van der Waals surface area contributed by atoms with Crippen LogP contribution in [0, 0.1) is 0 Å². The minimum atomic E-state index is -0.347. The van der Waals surface area contributed by atoms with Crippen LogP contribution < -0.4 is 16.0 Å². The number of benzene rings is 1. The molecular weight excluding hydrogens is 244 g/mol. The van der Waals surface area contributed by atoms with Crippen LogP contribution in [0.2, 0.25) is 0 Å². The van der Waals surface area contributed by atoms with E-state index >= 15 is 0 Å². The van der Waals surface area contributed by atoms with Crippen LogP contribution >= 0.6 is 0 Å². The average Bonchev–Trinajstić information content (AvgIpc) is 2.47. The van der Waals surface area contributed by atoms with Crippen LogP contribution in [0.15, 0.2) is 24.3 Å². The van der Waals surface area contributed by atoms with Crippen molar-refractivity contribution in [3.63, 3.8) is 0 Å². The highest BCUT2D eigenvalue weighted by Gasteiger charge is 2.28. The molecular formula is C14H22N2O3. The summed E-state index contributed by atoms with van der Waals surface area (Å²) in [5.41, 5.74) is 4.03. The molecule has 1 aliphatic rings. The first-order chi connectivity index (χ1) is 9.30. The number of hydrogen-bond donors (Lipinski definition) is 2. The summed E-state index contributed by atoms with van der Waals surface area (Å²) in [6.45, 7) is 0.740. The molecule has 19 heavy (non-hydrogen) atoms. The number of hydrogen-bond acceptors (Lipinski definition) is 5. The first-order valence-corrected chi connectivity index (χ1v) is 6.53. The normalized spacial score (nSPS) is 19.9. The number of nitrogens with one attached hydrogen (secondary N) is 1. The van der Waals surface area contributed by atoms with Crippen molar-refractivity contribution in [1.82, 2.24) is 5.43 Å². The quantitative estimate of drug-likeness (QED) is 0.463. The molecule has 0 radical (unpaired) electrons. The maximum absolute atomic E-state index is 5.67. The molecule has 0 amide bonds. The molecule has 0 spiro atoms. The van der Waals surface area contributed by atoms with Gasteiger partial charge in [-0.3, -0.25) is 11.3 Å². The summed E-state index contributed by atoms with van der Waals surface area (Å²) < 4.78 is 16.2. The summed E-state index contributed by atoms with van der Waals surface area (Å²) in [6.07, 6.45) is 1.48. The van der Waals surface area contributed by atoms with Crippen molar-refractivity contribution in [3.05, 3.63) is 29.8 Å². The summed E-state index contributed by atoms with van der Waals surface area (Å²) in [7, 11) is 3.24. The number of ether oxygens (including phenoxy) is 3. The predicted molar refractivity (Wildman–Crippen MR) is 72.8 cm³/mol. The molecule has 106 valence electrons. The smallest absolute Gasteiger partial charge is 0.173 e. The Morgan fingerprint density at radius 2 is 2.11 bits per heavy atom. The van der Waals surface area contributed by atoms with Gasteiger partial charge in [0.2, 0.25) is 0 Å². The summed E-state index contributed by atoms with van der Waals surface area (Å²) in [5.74, 6) is 7.00. The Balaban J connectivity index is 2.10. The minimum absolute atomic E-state index is 0.0499. The van der Waals surface area contributed by atoms with Gasteiger partial charge in [0.1, 0.15) is 5.75 Å². The molecule has 0 bridgehead atoms. The average molecular weight is 266 g/mol. The fourth-order valence-corrected chi connectivity index (χ4v) is 2.65. The van der Waals surface area contributed by atoms with Crippen molar-refractivity contribution in [3.8, 4) is 5.75 Å². The molecule has 1 aromatic carbocycles. The van der Waals surface area contributed by atoms with E-state index in [0.29, 0.717) is 5.92 Å². The van der Waals surface area contributed by atoms with Crippen LogP contribution in [0.4, 0.5) is 0 Å². The summed E-state index contributed by atoms with van der Waals surface area (Å²) in [5, 5.41) is 0. The Hall–Kier alpha value is -1.14. The minimum Gasteiger partial charge on any atom is -0.493 e. The third kappa shape index (κ3) is 3.25. The number of nitrogens with two attached hydrogens (primary N) is 1. The number of para-hydroxylation sites is 1. The first-order valence-electron chi connectivity index (χ1n) is 6.53. The molecule has 5 heteroatoms. The largest absolute Gasteiger partial charge is 0.493 e. The molecule has 0 fully saturated rings. The number of methoxy groups -OCH3 is 2. The van der Waals surface area contributed by atoms with Gasteiger partial charge >= 0.3 is 0 Å². The molecule has 1 aromatic rings. The van der Waals surface area contributed by atoms with Crippen molar-refractivity contribution in [2.24, 2.45) is 5.84 Å². The van der Waals surface area contributed by atoms with E-state index in [1.807, 2.05) is 18.2 Å². The second-order valence-corrected chi connectivity index (χ2v) is 4.72. The second-order valence-electron chi connectivity index (χ2n) is 4.72. The molecule has 0 saturated heterocycles. The van der Waals surface area contributed by atoms with Crippen LogP contribution in [-0.2, 0) is 9.47 Å². The van der Waals surface area contributed by atoms with E-state index in [1.54, 1.807) is 14.2 Å². The molecule has 1 aliphatic heterocycles. The maximum Gasteiger partial charge on any atom is 0.173 e. The molecule has 3 N–H and O–H groups in total. The Kier molecular flexibility index (Phi) is 5.15. The van der Waals surface area contributed by atoms with Gasteiger partial charge in [0.05, 0.1) is 12.6 Å². The Bertz CT molecular complexity index is 396. The van der Waals surface area contributed by atoms with E-state index in [9.17, 15) is 0 Å². The molecule has 2 unspecified atom stereocenters. The van der Waals surface area contributed by atoms with E-state index < -0.39 is 0 Å². The number of fused-ring (bicyclic) bond motifs is 1. The van der Waals surface area contributed by atoms with Crippen LogP contribution in [0.1, 0.15) is 24.3 Å². The third-order valence-electron chi connectivity index (χ3n) is 3.63. The fraction of sp³-hybridized carbons (Fsp3) is 0.571. The van der Waals surface area contributed by atoms with Crippen LogP contribution in [0.5, 0.6) is 5.75 Å². The van der Waals surface area contributed by atoms with Crippen LogP contribution in [0.25, 0.3) is 0 Å². The molecule has 0 aromatic heterocycles. The SMILES string of the molecule is COC(OC)C(CC1CCOc2ccccc21)NN. The van der Waals surface area contributed by atoms with Gasteiger partial charge in [0.25, 0.3) is 0 Å². The van der Waals surface area contributed by atoms with E-state index in [2.05, 4.69) is 11.5 Å². The monoisotopic (exact) mass is 266 g/mol. The lowest BCUT2D eigenvalue weighted by Gasteiger charge is -2.31. The van der Waals surface area contributed by atoms with Crippen molar-refractivity contribution in [2.45, 2.75) is 31.1 Å². The third-order valence-corrected chi connectivity index (χ3v) is 3.63. The molecule has 0 saturated carbocycles. The highest BCUT2D eigenvalue weighted by Crippen LogP contribution is 2.36. The van der Waals surface area contributed by atoms with Gasteiger partial charge in [0.15, 0.2) is 6.29 Å². The second kappa shape index (κ2) is 6.86. The maximum atomic E-state index is 5.67. The summed E-state index contributed by atoms with van der Waals surface area (Å²) in [6, 6.07) is 8.10. The van der Waals surface area contributed by atoms with Gasteiger partial charge in [0, 0.05) is 14.2 Å². The fourth-order valence-electron chi connectivity index (χ4n) is 2.65. The van der Waals surface area contributed by atoms with Gasteiger partial charge in [-0.2, -0.15) is 0 Å². The summed E-state index contributed by atoms with van der Waals surface area (Å²) >= 11 is 0. The van der Waals surface area contributed by atoms with E-state index in [-0.39, 0.29) is 12.3 Å². The first kappa shape index (κ1) is 14.3. The molecule has 0 aliphatic carbocycles. The van der Waals surface area contributed by atoms with Crippen molar-refractivity contribution >= 4 is 0 Å². The predicted octanol–water partition coefficient (Wildman–Crippen LogP) is 1.39. The number of hydrazine groups is 1. The zero-order valence-electron chi connectivity index (χ0n) is 11.5. The van der Waals surface area contributed by atoms with E-state index in [4.69, 9.17) is 20.1 Å². The lowest BCUT2D eigenvalue weighted by Crippen LogP contribution is -2.46. The van der Waals surface area contributed by atoms with Crippen molar-refractivity contribution in [1.29, 1.82) is 0 Å². The Morgan fingerprint density at radius 1 is 1.37 bits per heavy atom. The molecule has 1 heterocycles. The van der Waals surface area contributed by atoms with E-state index in [0.717, 1.165) is 25.2 Å². The van der Waals surface area contributed by atoms with Crippen molar-refractivity contribution in [2.75, 3.05) is 20.8 Å². The van der Waals surface area contributed by atoms with Gasteiger partial charge in [-0.05, 0) is 30.4 Å². The van der Waals surface area contributed by atoms with Gasteiger partial charge in [-0.1, -0.05) is 18.2 Å². The molecule has 2 atom stereocenters. The zero-order valence-corrected chi connectivity index (χ0v) is 11.5. The summed E-state index contributed by atoms with van der Waals surface area (Å²) in [4.78, 5) is 0. The standard InChI is InChI=1S/C14H22N2O3/c1-17-14(18-2)12(16-15)9-10-7-8-19-13-6-4-3-5-11(10)13/h3-6,10,12,14,16H,7-9,15H2,1-2H3. The highest BCUT2D eigenvalue weighted by molar-refractivity contribution is 5.37. The Labute approximate surface area is 114 Å². The number of rotatable bonds is 6. The van der Waals surface area contributed by atoms with Crippen molar-refractivity contribution < 1.29 is 14.2 Å². The van der Waals surface area contributed by atoms with Gasteiger partial charge in [-0.25, -0.2) is 0 Å². The Morgan fingerprint density at radius 3 is 2.79 bits per heavy atom. The molecule has 5 nitrogen and oxygen atoms in total. The lowest BCUT2D eigenvalue weighted by molar-refractivity contribution is -0.125. The van der Waals surface area contributed by atoms with Crippen LogP contribution in [0.3, 0.4) is 0 Å². The van der Waals surface area contributed by atoms with E-state index in [1.165, 1.54) is 5.56 Å². The molecule has 2 rings (SSSR count). The van der Waals surface area contributed by atoms with Gasteiger partial charge in [-0.15, -0.1) is 0 Å².